The Balaban J connectivity index is 1.49. The van der Waals surface area contributed by atoms with Gasteiger partial charge in [0.1, 0.15) is 5.75 Å². The summed E-state index contributed by atoms with van der Waals surface area (Å²) in [5.74, 6) is 0.127. The molecule has 0 aliphatic heterocycles. The highest BCUT2D eigenvalue weighted by Crippen LogP contribution is 2.23. The number of aromatic nitrogens is 2. The minimum Gasteiger partial charge on any atom is -0.494 e. The summed E-state index contributed by atoms with van der Waals surface area (Å²) < 4.78 is 5.61. The largest absolute Gasteiger partial charge is 0.494 e. The zero-order valence-electron chi connectivity index (χ0n) is 18.5. The van der Waals surface area contributed by atoms with Crippen molar-refractivity contribution in [2.24, 2.45) is 0 Å². The van der Waals surface area contributed by atoms with Crippen molar-refractivity contribution in [2.45, 2.75) is 20.3 Å². The lowest BCUT2D eigenvalue weighted by Gasteiger charge is -2.12. The van der Waals surface area contributed by atoms with Crippen molar-refractivity contribution in [1.29, 1.82) is 0 Å². The monoisotopic (exact) mass is 440 g/mol. The van der Waals surface area contributed by atoms with Crippen LogP contribution in [0.15, 0.2) is 73.1 Å². The van der Waals surface area contributed by atoms with Gasteiger partial charge < -0.3 is 15.4 Å². The van der Waals surface area contributed by atoms with E-state index in [0.29, 0.717) is 40.4 Å². The van der Waals surface area contributed by atoms with Crippen LogP contribution in [0.3, 0.4) is 0 Å². The predicted octanol–water partition coefficient (Wildman–Crippen LogP) is 5.23. The number of nitrogens with zero attached hydrogens (tertiary/aromatic N) is 2. The molecule has 7 nitrogen and oxygen atoms in total. The average molecular weight is 441 g/mol. The first-order valence-electron chi connectivity index (χ1n) is 10.7. The molecule has 166 valence electrons. The van der Waals surface area contributed by atoms with E-state index in [4.69, 9.17) is 4.74 Å². The Bertz CT molecular complexity index is 1320. The molecule has 0 aliphatic carbocycles. The second-order valence-electron chi connectivity index (χ2n) is 7.57. The van der Waals surface area contributed by atoms with Crippen molar-refractivity contribution in [3.05, 3.63) is 89.7 Å². The lowest BCUT2D eigenvalue weighted by Crippen LogP contribution is -2.15. The zero-order chi connectivity index (χ0) is 23.2. The Kier molecular flexibility index (Phi) is 6.59. The number of nitrogens with one attached hydrogen (secondary N) is 2. The summed E-state index contributed by atoms with van der Waals surface area (Å²) >= 11 is 0. The van der Waals surface area contributed by atoms with Crippen LogP contribution in [0.2, 0.25) is 0 Å². The topological polar surface area (TPSA) is 93.2 Å². The fourth-order valence-electron chi connectivity index (χ4n) is 3.28. The van der Waals surface area contributed by atoms with E-state index in [9.17, 15) is 9.59 Å². The van der Waals surface area contributed by atoms with E-state index in [0.717, 1.165) is 17.5 Å². The molecule has 0 saturated heterocycles. The van der Waals surface area contributed by atoms with Gasteiger partial charge in [-0.3, -0.25) is 19.6 Å². The molecule has 0 unspecified atom stereocenters. The van der Waals surface area contributed by atoms with Crippen molar-refractivity contribution < 1.29 is 14.3 Å². The first kappa shape index (κ1) is 22.0. The number of amides is 2. The Morgan fingerprint density at radius 1 is 0.848 bits per heavy atom. The van der Waals surface area contributed by atoms with Gasteiger partial charge in [-0.25, -0.2) is 0 Å². The van der Waals surface area contributed by atoms with Crippen molar-refractivity contribution in [1.82, 2.24) is 9.97 Å². The van der Waals surface area contributed by atoms with Gasteiger partial charge >= 0.3 is 0 Å². The fourth-order valence-corrected chi connectivity index (χ4v) is 3.28. The summed E-state index contributed by atoms with van der Waals surface area (Å²) in [6.07, 6.45) is 4.09. The van der Waals surface area contributed by atoms with E-state index in [2.05, 4.69) is 20.6 Å². The molecule has 2 N–H and O–H groups in total. The summed E-state index contributed by atoms with van der Waals surface area (Å²) in [4.78, 5) is 34.0. The van der Waals surface area contributed by atoms with Gasteiger partial charge in [0.05, 0.1) is 17.6 Å². The lowest BCUT2D eigenvalue weighted by molar-refractivity contribution is 0.101. The maximum Gasteiger partial charge on any atom is 0.255 e. The number of hydrogen-bond donors (Lipinski definition) is 2. The number of carbonyl (C=O) groups is 2. The van der Waals surface area contributed by atoms with Gasteiger partial charge in [0, 0.05) is 34.9 Å². The Morgan fingerprint density at radius 3 is 2.42 bits per heavy atom. The fraction of sp³-hybridized carbons (Fsp3) is 0.154. The van der Waals surface area contributed by atoms with Crippen molar-refractivity contribution in [2.75, 3.05) is 17.2 Å². The molecule has 0 fully saturated rings. The molecule has 0 atom stereocenters. The molecule has 0 aliphatic rings. The number of anilines is 2. The van der Waals surface area contributed by atoms with Crippen LogP contribution in [-0.4, -0.2) is 28.4 Å². The molecule has 33 heavy (non-hydrogen) atoms. The normalized spacial score (nSPS) is 10.6. The molecule has 0 saturated carbocycles. The summed E-state index contributed by atoms with van der Waals surface area (Å²) in [5.41, 5.74) is 4.39. The average Bonchev–Trinajstić information content (AvgIpc) is 2.84. The number of fused-ring (bicyclic) bond motifs is 1. The maximum atomic E-state index is 12.8. The molecular weight excluding hydrogens is 416 g/mol. The Hall–Kier alpha value is -4.26. The van der Waals surface area contributed by atoms with E-state index in [1.165, 1.54) is 0 Å². The van der Waals surface area contributed by atoms with Gasteiger partial charge in [0.25, 0.3) is 11.8 Å². The lowest BCUT2D eigenvalue weighted by atomic mass is 10.1. The molecule has 4 aromatic rings. The molecule has 1 heterocycles. The summed E-state index contributed by atoms with van der Waals surface area (Å²) in [7, 11) is 0. The van der Waals surface area contributed by atoms with Crippen molar-refractivity contribution >= 4 is 34.2 Å². The quantitative estimate of drug-likeness (QED) is 0.410. The SMILES string of the molecule is CCCOc1cccc(C(=O)Nc2ccc(C)c(NC(=O)c3ccc4nccnc4c3)c2)c1. The number of aryl methyl sites for hydroxylation is 1. The Labute approximate surface area is 191 Å². The first-order chi connectivity index (χ1) is 16.0. The van der Waals surface area contributed by atoms with Gasteiger partial charge in [-0.1, -0.05) is 19.1 Å². The van der Waals surface area contributed by atoms with Crippen LogP contribution in [0.25, 0.3) is 11.0 Å². The van der Waals surface area contributed by atoms with Gasteiger partial charge in [-0.15, -0.1) is 0 Å². The summed E-state index contributed by atoms with van der Waals surface area (Å²) in [5, 5.41) is 5.80. The van der Waals surface area contributed by atoms with Gasteiger partial charge in [0.15, 0.2) is 0 Å². The number of hydrogen-bond acceptors (Lipinski definition) is 5. The minimum atomic E-state index is -0.269. The predicted molar refractivity (Wildman–Crippen MR) is 129 cm³/mol. The number of rotatable bonds is 7. The Morgan fingerprint density at radius 2 is 1.61 bits per heavy atom. The molecule has 0 spiro atoms. The smallest absolute Gasteiger partial charge is 0.255 e. The van der Waals surface area contributed by atoms with Gasteiger partial charge in [0.2, 0.25) is 0 Å². The molecule has 3 aromatic carbocycles. The molecule has 1 aromatic heterocycles. The van der Waals surface area contributed by atoms with Crippen LogP contribution < -0.4 is 15.4 Å². The van der Waals surface area contributed by atoms with Crippen LogP contribution in [-0.2, 0) is 0 Å². The van der Waals surface area contributed by atoms with E-state index in [1.54, 1.807) is 60.9 Å². The number of carbonyl (C=O) groups excluding carboxylic acids is 2. The van der Waals surface area contributed by atoms with Crippen LogP contribution in [0, 0.1) is 6.92 Å². The van der Waals surface area contributed by atoms with Crippen molar-refractivity contribution in [3.8, 4) is 5.75 Å². The van der Waals surface area contributed by atoms with Crippen LogP contribution in [0.4, 0.5) is 11.4 Å². The number of ether oxygens (including phenoxy) is 1. The van der Waals surface area contributed by atoms with E-state index < -0.39 is 0 Å². The first-order valence-corrected chi connectivity index (χ1v) is 10.7. The van der Waals surface area contributed by atoms with Crippen LogP contribution in [0.5, 0.6) is 5.75 Å². The highest BCUT2D eigenvalue weighted by atomic mass is 16.5. The van der Waals surface area contributed by atoms with E-state index in [1.807, 2.05) is 26.0 Å². The summed E-state index contributed by atoms with van der Waals surface area (Å²) in [6, 6.07) is 17.6. The van der Waals surface area contributed by atoms with Gasteiger partial charge in [-0.05, 0) is 67.4 Å². The maximum absolute atomic E-state index is 12.8. The highest BCUT2D eigenvalue weighted by molar-refractivity contribution is 6.07. The molecule has 0 bridgehead atoms. The molecule has 0 radical (unpaired) electrons. The van der Waals surface area contributed by atoms with E-state index in [-0.39, 0.29) is 11.8 Å². The third kappa shape index (κ3) is 5.33. The number of benzene rings is 3. The van der Waals surface area contributed by atoms with Crippen LogP contribution in [0.1, 0.15) is 39.6 Å². The highest BCUT2D eigenvalue weighted by Gasteiger charge is 2.12. The van der Waals surface area contributed by atoms with Crippen LogP contribution >= 0.6 is 0 Å². The third-order valence-electron chi connectivity index (χ3n) is 5.04. The molecule has 7 heteroatoms. The van der Waals surface area contributed by atoms with E-state index >= 15 is 0 Å². The molecule has 4 rings (SSSR count). The van der Waals surface area contributed by atoms with Gasteiger partial charge in [-0.2, -0.15) is 0 Å². The second kappa shape index (κ2) is 9.91. The molecule has 2 amide bonds. The minimum absolute atomic E-state index is 0.258. The standard InChI is InChI=1S/C26H24N4O3/c1-3-13-33-21-6-4-5-18(14-21)25(31)29-20-9-7-17(2)23(16-20)30-26(32)19-8-10-22-24(15-19)28-12-11-27-22/h4-12,14-16H,3,13H2,1-2H3,(H,29,31)(H,30,32). The molecular formula is C26H24N4O3. The zero-order valence-corrected chi connectivity index (χ0v) is 18.5. The second-order valence-corrected chi connectivity index (χ2v) is 7.57. The third-order valence-corrected chi connectivity index (χ3v) is 5.04. The van der Waals surface area contributed by atoms with Crippen molar-refractivity contribution in [3.63, 3.8) is 0 Å². The summed E-state index contributed by atoms with van der Waals surface area (Å²) in [6.45, 7) is 4.51.